The first kappa shape index (κ1) is 22.0. The van der Waals surface area contributed by atoms with Crippen LogP contribution in [0.5, 0.6) is 0 Å². The van der Waals surface area contributed by atoms with Crippen LogP contribution in [0.15, 0.2) is 54.6 Å². The van der Waals surface area contributed by atoms with Crippen molar-refractivity contribution < 1.29 is 14.0 Å². The van der Waals surface area contributed by atoms with Crippen molar-refractivity contribution in [2.24, 2.45) is 0 Å². The van der Waals surface area contributed by atoms with Crippen molar-refractivity contribution in [1.29, 1.82) is 0 Å². The number of carbonyl (C=O) groups is 2. The summed E-state index contributed by atoms with van der Waals surface area (Å²) >= 11 is 1.47. The third kappa shape index (κ3) is 7.00. The topological polar surface area (TPSA) is 49.4 Å². The largest absolute Gasteiger partial charge is 0.355 e. The molecule has 2 aromatic rings. The SMILES string of the molecule is CCNC(=O)C(C)N(CCc1ccccc1)C(=O)CSCc1ccc(F)cc1. The Balaban J connectivity index is 1.96. The molecule has 150 valence electrons. The number of hydrogen-bond donors (Lipinski definition) is 1. The van der Waals surface area contributed by atoms with E-state index in [9.17, 15) is 14.0 Å². The summed E-state index contributed by atoms with van der Waals surface area (Å²) in [6, 6.07) is 15.7. The Morgan fingerprint density at radius 2 is 1.75 bits per heavy atom. The van der Waals surface area contributed by atoms with Crippen LogP contribution in [0.25, 0.3) is 0 Å². The number of hydrogen-bond acceptors (Lipinski definition) is 3. The maximum atomic E-state index is 13.0. The molecule has 0 radical (unpaired) electrons. The van der Waals surface area contributed by atoms with E-state index in [2.05, 4.69) is 5.32 Å². The monoisotopic (exact) mass is 402 g/mol. The molecule has 0 saturated carbocycles. The number of benzene rings is 2. The lowest BCUT2D eigenvalue weighted by atomic mass is 10.1. The number of amides is 2. The van der Waals surface area contributed by atoms with E-state index in [-0.39, 0.29) is 23.4 Å². The van der Waals surface area contributed by atoms with Gasteiger partial charge in [0.05, 0.1) is 5.75 Å². The number of halogens is 1. The quantitative estimate of drug-likeness (QED) is 0.660. The van der Waals surface area contributed by atoms with Crippen molar-refractivity contribution in [1.82, 2.24) is 10.2 Å². The van der Waals surface area contributed by atoms with Crippen molar-refractivity contribution in [2.45, 2.75) is 32.1 Å². The molecule has 0 heterocycles. The van der Waals surface area contributed by atoms with E-state index in [4.69, 9.17) is 0 Å². The van der Waals surface area contributed by atoms with E-state index < -0.39 is 6.04 Å². The van der Waals surface area contributed by atoms with Crippen LogP contribution in [0.2, 0.25) is 0 Å². The highest BCUT2D eigenvalue weighted by atomic mass is 32.2. The summed E-state index contributed by atoms with van der Waals surface area (Å²) in [5, 5.41) is 2.79. The standard InChI is InChI=1S/C22H27FN2O2S/c1-3-24-22(27)17(2)25(14-13-18-7-5-4-6-8-18)21(26)16-28-15-19-9-11-20(23)12-10-19/h4-12,17H,3,13-16H2,1-2H3,(H,24,27). The van der Waals surface area contributed by atoms with Crippen molar-refractivity contribution in [3.05, 3.63) is 71.5 Å². The fraction of sp³-hybridized carbons (Fsp3) is 0.364. The van der Waals surface area contributed by atoms with Gasteiger partial charge in [0.1, 0.15) is 11.9 Å². The molecular weight excluding hydrogens is 375 g/mol. The molecule has 2 rings (SSSR count). The van der Waals surface area contributed by atoms with Crippen LogP contribution < -0.4 is 5.32 Å². The lowest BCUT2D eigenvalue weighted by Gasteiger charge is -2.28. The normalized spacial score (nSPS) is 11.7. The fourth-order valence-corrected chi connectivity index (χ4v) is 3.68. The first-order chi connectivity index (χ1) is 13.5. The number of rotatable bonds is 10. The Hall–Kier alpha value is -2.34. The summed E-state index contributed by atoms with van der Waals surface area (Å²) in [5.74, 6) is 0.409. The zero-order chi connectivity index (χ0) is 20.4. The van der Waals surface area contributed by atoms with Crippen molar-refractivity contribution in [3.63, 3.8) is 0 Å². The lowest BCUT2D eigenvalue weighted by molar-refractivity contribution is -0.137. The van der Waals surface area contributed by atoms with Crippen LogP contribution in [0, 0.1) is 5.82 Å². The van der Waals surface area contributed by atoms with Gasteiger partial charge in [-0.2, -0.15) is 0 Å². The minimum atomic E-state index is -0.525. The van der Waals surface area contributed by atoms with Gasteiger partial charge in [-0.1, -0.05) is 42.5 Å². The van der Waals surface area contributed by atoms with Gasteiger partial charge in [-0.25, -0.2) is 4.39 Å². The highest BCUT2D eigenvalue weighted by molar-refractivity contribution is 7.99. The van der Waals surface area contributed by atoms with Gasteiger partial charge >= 0.3 is 0 Å². The van der Waals surface area contributed by atoms with Gasteiger partial charge in [-0.05, 0) is 43.5 Å². The number of likely N-dealkylation sites (N-methyl/N-ethyl adjacent to an activating group) is 1. The van der Waals surface area contributed by atoms with E-state index >= 15 is 0 Å². The second-order valence-electron chi connectivity index (χ2n) is 6.51. The van der Waals surface area contributed by atoms with Gasteiger partial charge in [0, 0.05) is 18.8 Å². The van der Waals surface area contributed by atoms with Gasteiger partial charge in [-0.15, -0.1) is 11.8 Å². The van der Waals surface area contributed by atoms with E-state index in [0.717, 1.165) is 11.1 Å². The van der Waals surface area contributed by atoms with E-state index in [1.54, 1.807) is 24.0 Å². The molecule has 0 saturated heterocycles. The minimum Gasteiger partial charge on any atom is -0.355 e. The van der Waals surface area contributed by atoms with Gasteiger partial charge in [0.2, 0.25) is 11.8 Å². The van der Waals surface area contributed by atoms with E-state index in [0.29, 0.717) is 25.3 Å². The highest BCUT2D eigenvalue weighted by Gasteiger charge is 2.25. The van der Waals surface area contributed by atoms with Gasteiger partial charge in [0.25, 0.3) is 0 Å². The molecule has 4 nitrogen and oxygen atoms in total. The summed E-state index contributed by atoms with van der Waals surface area (Å²) in [4.78, 5) is 26.8. The predicted molar refractivity (Wildman–Crippen MR) is 113 cm³/mol. The third-order valence-corrected chi connectivity index (χ3v) is 5.40. The molecule has 0 aromatic heterocycles. The molecule has 2 aromatic carbocycles. The summed E-state index contributed by atoms with van der Waals surface area (Å²) < 4.78 is 13.0. The second kappa shape index (κ2) is 11.5. The van der Waals surface area contributed by atoms with Crippen molar-refractivity contribution >= 4 is 23.6 Å². The van der Waals surface area contributed by atoms with Crippen molar-refractivity contribution in [3.8, 4) is 0 Å². The first-order valence-electron chi connectivity index (χ1n) is 9.44. The Morgan fingerprint density at radius 1 is 1.07 bits per heavy atom. The summed E-state index contributed by atoms with van der Waals surface area (Å²) in [7, 11) is 0. The van der Waals surface area contributed by atoms with Crippen LogP contribution in [-0.2, 0) is 21.8 Å². The highest BCUT2D eigenvalue weighted by Crippen LogP contribution is 2.15. The Labute approximate surface area is 170 Å². The zero-order valence-corrected chi connectivity index (χ0v) is 17.2. The first-order valence-corrected chi connectivity index (χ1v) is 10.6. The second-order valence-corrected chi connectivity index (χ2v) is 7.50. The van der Waals surface area contributed by atoms with Crippen LogP contribution in [0.4, 0.5) is 4.39 Å². The maximum absolute atomic E-state index is 13.0. The fourth-order valence-electron chi connectivity index (χ4n) is 2.81. The average Bonchev–Trinajstić information content (AvgIpc) is 2.70. The maximum Gasteiger partial charge on any atom is 0.242 e. The Morgan fingerprint density at radius 3 is 2.39 bits per heavy atom. The molecule has 0 fully saturated rings. The van der Waals surface area contributed by atoms with Gasteiger partial charge in [0.15, 0.2) is 0 Å². The summed E-state index contributed by atoms with van der Waals surface area (Å²) in [6.45, 7) is 4.64. The summed E-state index contributed by atoms with van der Waals surface area (Å²) in [5.41, 5.74) is 2.09. The van der Waals surface area contributed by atoms with Gasteiger partial charge < -0.3 is 10.2 Å². The molecule has 0 aliphatic rings. The van der Waals surface area contributed by atoms with E-state index in [1.807, 2.05) is 37.3 Å². The number of nitrogens with one attached hydrogen (secondary N) is 1. The molecule has 6 heteroatoms. The molecule has 0 aliphatic heterocycles. The molecule has 1 N–H and O–H groups in total. The van der Waals surface area contributed by atoms with Crippen LogP contribution in [-0.4, -0.2) is 41.6 Å². The van der Waals surface area contributed by atoms with Crippen LogP contribution >= 0.6 is 11.8 Å². The van der Waals surface area contributed by atoms with Gasteiger partial charge in [-0.3, -0.25) is 9.59 Å². The molecule has 0 spiro atoms. The lowest BCUT2D eigenvalue weighted by Crippen LogP contribution is -2.49. The third-order valence-electron chi connectivity index (χ3n) is 4.41. The number of carbonyl (C=O) groups excluding carboxylic acids is 2. The molecule has 1 unspecified atom stereocenters. The van der Waals surface area contributed by atoms with Crippen LogP contribution in [0.1, 0.15) is 25.0 Å². The Bertz CT molecular complexity index is 753. The van der Waals surface area contributed by atoms with E-state index in [1.165, 1.54) is 23.9 Å². The predicted octanol–water partition coefficient (Wildman–Crippen LogP) is 3.65. The average molecular weight is 403 g/mol. The molecule has 2 amide bonds. The molecule has 1 atom stereocenters. The molecule has 28 heavy (non-hydrogen) atoms. The number of thioether (sulfide) groups is 1. The number of nitrogens with zero attached hydrogens (tertiary/aromatic N) is 1. The Kier molecular flexibility index (Phi) is 9.01. The molecule has 0 bridgehead atoms. The summed E-state index contributed by atoms with van der Waals surface area (Å²) in [6.07, 6.45) is 0.693. The molecule has 0 aliphatic carbocycles. The zero-order valence-electron chi connectivity index (χ0n) is 16.4. The van der Waals surface area contributed by atoms with Crippen LogP contribution in [0.3, 0.4) is 0 Å². The van der Waals surface area contributed by atoms with Crippen molar-refractivity contribution in [2.75, 3.05) is 18.8 Å². The molecular formula is C22H27FN2O2S. The smallest absolute Gasteiger partial charge is 0.242 e. The minimum absolute atomic E-state index is 0.0678.